The first-order valence-electron chi connectivity index (χ1n) is 7.72. The Hall–Kier alpha value is -1.26. The van der Waals surface area contributed by atoms with E-state index in [9.17, 15) is 10.2 Å². The summed E-state index contributed by atoms with van der Waals surface area (Å²) >= 11 is 0. The molecule has 2 heterocycles. The Kier molecular flexibility index (Phi) is 4.13. The van der Waals surface area contributed by atoms with Crippen LogP contribution in [0, 0.1) is 0 Å². The van der Waals surface area contributed by atoms with Crippen LogP contribution >= 0.6 is 0 Å². The van der Waals surface area contributed by atoms with E-state index in [0.29, 0.717) is 12.1 Å². The lowest BCUT2D eigenvalue weighted by molar-refractivity contribution is 0.111. The standard InChI is InChI=1S/C16H24N2O2/c19-13-7-6-12(16(20)10-13)11-18-9-2-1-5-15(18)14-4-3-8-17-14/h6-7,10,14-15,17,19-20H,1-5,8-9,11H2. The summed E-state index contributed by atoms with van der Waals surface area (Å²) in [5.41, 5.74) is 0.910. The van der Waals surface area contributed by atoms with Gasteiger partial charge >= 0.3 is 0 Å². The molecule has 4 nitrogen and oxygen atoms in total. The first-order chi connectivity index (χ1) is 9.74. The molecule has 3 N–H and O–H groups in total. The topological polar surface area (TPSA) is 55.7 Å². The second-order valence-electron chi connectivity index (χ2n) is 6.05. The van der Waals surface area contributed by atoms with Gasteiger partial charge in [-0.25, -0.2) is 0 Å². The molecule has 110 valence electrons. The number of nitrogens with one attached hydrogen (secondary N) is 1. The van der Waals surface area contributed by atoms with Crippen LogP contribution in [0.5, 0.6) is 11.5 Å². The normalized spacial score (nSPS) is 27.8. The van der Waals surface area contributed by atoms with Crippen LogP contribution in [0.15, 0.2) is 18.2 Å². The Labute approximate surface area is 120 Å². The molecule has 2 unspecified atom stereocenters. The highest BCUT2D eigenvalue weighted by atomic mass is 16.3. The molecule has 0 saturated carbocycles. The Morgan fingerprint density at radius 1 is 1.15 bits per heavy atom. The SMILES string of the molecule is Oc1ccc(CN2CCCCC2C2CCCN2)c(O)c1. The van der Waals surface area contributed by atoms with Crippen molar-refractivity contribution in [3.63, 3.8) is 0 Å². The number of rotatable bonds is 3. The average molecular weight is 276 g/mol. The van der Waals surface area contributed by atoms with E-state index >= 15 is 0 Å². The number of likely N-dealkylation sites (tertiary alicyclic amines) is 1. The Balaban J connectivity index is 1.72. The van der Waals surface area contributed by atoms with Crippen molar-refractivity contribution in [2.24, 2.45) is 0 Å². The van der Waals surface area contributed by atoms with Crippen LogP contribution in [-0.2, 0) is 6.54 Å². The quantitative estimate of drug-likeness (QED) is 0.792. The second kappa shape index (κ2) is 6.02. The summed E-state index contributed by atoms with van der Waals surface area (Å²) in [6.07, 6.45) is 6.33. The number of phenolic OH excluding ortho intramolecular Hbond substituents is 2. The molecule has 2 saturated heterocycles. The maximum absolute atomic E-state index is 9.97. The monoisotopic (exact) mass is 276 g/mol. The largest absolute Gasteiger partial charge is 0.508 e. The maximum Gasteiger partial charge on any atom is 0.123 e. The average Bonchev–Trinajstić information content (AvgIpc) is 2.96. The molecule has 20 heavy (non-hydrogen) atoms. The Morgan fingerprint density at radius 3 is 2.80 bits per heavy atom. The highest BCUT2D eigenvalue weighted by molar-refractivity contribution is 5.38. The van der Waals surface area contributed by atoms with E-state index in [4.69, 9.17) is 0 Å². The van der Waals surface area contributed by atoms with Crippen molar-refractivity contribution >= 4 is 0 Å². The fraction of sp³-hybridized carbons (Fsp3) is 0.625. The van der Waals surface area contributed by atoms with E-state index in [1.54, 1.807) is 6.07 Å². The summed E-state index contributed by atoms with van der Waals surface area (Å²) in [4.78, 5) is 2.50. The van der Waals surface area contributed by atoms with Gasteiger partial charge in [0, 0.05) is 30.3 Å². The predicted molar refractivity (Wildman–Crippen MR) is 78.8 cm³/mol. The van der Waals surface area contributed by atoms with E-state index in [1.807, 2.05) is 6.07 Å². The molecule has 2 atom stereocenters. The molecule has 1 aromatic rings. The van der Waals surface area contributed by atoms with E-state index in [1.165, 1.54) is 38.2 Å². The minimum atomic E-state index is 0.124. The number of hydrogen-bond donors (Lipinski definition) is 3. The molecule has 0 amide bonds. The zero-order valence-electron chi connectivity index (χ0n) is 11.9. The van der Waals surface area contributed by atoms with Gasteiger partial charge in [-0.05, 0) is 44.8 Å². The highest BCUT2D eigenvalue weighted by Crippen LogP contribution is 2.29. The van der Waals surface area contributed by atoms with E-state index < -0.39 is 0 Å². The molecule has 0 spiro atoms. The predicted octanol–water partition coefficient (Wildman–Crippen LogP) is 2.20. The first-order valence-corrected chi connectivity index (χ1v) is 7.72. The molecular weight excluding hydrogens is 252 g/mol. The summed E-state index contributed by atoms with van der Waals surface area (Å²) in [5.74, 6) is 0.326. The van der Waals surface area contributed by atoms with Crippen LogP contribution in [-0.4, -0.2) is 40.3 Å². The summed E-state index contributed by atoms with van der Waals surface area (Å²) in [6.45, 7) is 3.01. The minimum Gasteiger partial charge on any atom is -0.508 e. The van der Waals surface area contributed by atoms with Crippen molar-refractivity contribution in [2.45, 2.75) is 50.7 Å². The number of piperidine rings is 1. The molecule has 2 aliphatic rings. The summed E-state index contributed by atoms with van der Waals surface area (Å²) in [7, 11) is 0. The second-order valence-corrected chi connectivity index (χ2v) is 6.05. The van der Waals surface area contributed by atoms with Gasteiger partial charge in [0.15, 0.2) is 0 Å². The van der Waals surface area contributed by atoms with Crippen molar-refractivity contribution in [2.75, 3.05) is 13.1 Å². The molecule has 0 bridgehead atoms. The molecule has 0 aromatic heterocycles. The van der Waals surface area contributed by atoms with Gasteiger partial charge in [-0.2, -0.15) is 0 Å². The van der Waals surface area contributed by atoms with Gasteiger partial charge in [0.25, 0.3) is 0 Å². The zero-order chi connectivity index (χ0) is 13.9. The van der Waals surface area contributed by atoms with Crippen LogP contribution in [0.25, 0.3) is 0 Å². The Bertz CT molecular complexity index is 458. The van der Waals surface area contributed by atoms with Gasteiger partial charge in [0.1, 0.15) is 11.5 Å². The van der Waals surface area contributed by atoms with Crippen LogP contribution in [0.3, 0.4) is 0 Å². The van der Waals surface area contributed by atoms with Crippen LogP contribution in [0.4, 0.5) is 0 Å². The van der Waals surface area contributed by atoms with Gasteiger partial charge in [-0.1, -0.05) is 12.5 Å². The van der Waals surface area contributed by atoms with Crippen molar-refractivity contribution in [1.82, 2.24) is 10.2 Å². The van der Waals surface area contributed by atoms with Gasteiger partial charge < -0.3 is 15.5 Å². The molecule has 0 radical (unpaired) electrons. The number of hydrogen-bond acceptors (Lipinski definition) is 4. The van der Waals surface area contributed by atoms with Gasteiger partial charge in [0.2, 0.25) is 0 Å². The summed E-state index contributed by atoms with van der Waals surface area (Å²) < 4.78 is 0. The van der Waals surface area contributed by atoms with Crippen LogP contribution in [0.1, 0.15) is 37.7 Å². The molecule has 0 aliphatic carbocycles. The minimum absolute atomic E-state index is 0.124. The van der Waals surface area contributed by atoms with Gasteiger partial charge in [-0.3, -0.25) is 4.90 Å². The fourth-order valence-corrected chi connectivity index (χ4v) is 3.61. The number of phenols is 2. The zero-order valence-corrected chi connectivity index (χ0v) is 11.9. The highest BCUT2D eigenvalue weighted by Gasteiger charge is 2.31. The molecule has 2 fully saturated rings. The first kappa shape index (κ1) is 13.7. The van der Waals surface area contributed by atoms with Crippen LogP contribution in [0.2, 0.25) is 0 Å². The number of nitrogens with zero attached hydrogens (tertiary/aromatic N) is 1. The third-order valence-corrected chi connectivity index (χ3v) is 4.67. The molecule has 3 rings (SSSR count). The van der Waals surface area contributed by atoms with Crippen molar-refractivity contribution in [3.05, 3.63) is 23.8 Å². The lowest BCUT2D eigenvalue weighted by Crippen LogP contribution is -2.49. The molecular formula is C16H24N2O2. The number of aromatic hydroxyl groups is 2. The fourth-order valence-electron chi connectivity index (χ4n) is 3.61. The number of benzene rings is 1. The van der Waals surface area contributed by atoms with Crippen molar-refractivity contribution in [3.8, 4) is 11.5 Å². The third kappa shape index (κ3) is 2.91. The molecule has 1 aromatic carbocycles. The van der Waals surface area contributed by atoms with Gasteiger partial charge in [0.05, 0.1) is 0 Å². The Morgan fingerprint density at radius 2 is 2.05 bits per heavy atom. The summed E-state index contributed by atoms with van der Waals surface area (Å²) in [5, 5.41) is 23.0. The molecule has 2 aliphatic heterocycles. The molecule has 4 heteroatoms. The lowest BCUT2D eigenvalue weighted by Gasteiger charge is -2.39. The van der Waals surface area contributed by atoms with E-state index in [0.717, 1.165) is 25.2 Å². The maximum atomic E-state index is 9.97. The smallest absolute Gasteiger partial charge is 0.123 e. The van der Waals surface area contributed by atoms with Crippen LogP contribution < -0.4 is 5.32 Å². The lowest BCUT2D eigenvalue weighted by atomic mass is 9.94. The van der Waals surface area contributed by atoms with Crippen molar-refractivity contribution in [1.29, 1.82) is 0 Å². The summed E-state index contributed by atoms with van der Waals surface area (Å²) in [6, 6.07) is 6.11. The van der Waals surface area contributed by atoms with E-state index in [2.05, 4.69) is 10.2 Å². The third-order valence-electron chi connectivity index (χ3n) is 4.67. The van der Waals surface area contributed by atoms with Crippen molar-refractivity contribution < 1.29 is 10.2 Å². The van der Waals surface area contributed by atoms with Gasteiger partial charge in [-0.15, -0.1) is 0 Å². The van der Waals surface area contributed by atoms with E-state index in [-0.39, 0.29) is 11.5 Å².